The molecule has 0 aromatic heterocycles. The Morgan fingerprint density at radius 3 is 2.50 bits per heavy atom. The molecule has 0 saturated heterocycles. The summed E-state index contributed by atoms with van der Waals surface area (Å²) >= 11 is 6.01. The van der Waals surface area contributed by atoms with Crippen LogP contribution in [-0.4, -0.2) is 22.1 Å². The Bertz CT molecular complexity index is 789. The predicted octanol–water partition coefficient (Wildman–Crippen LogP) is 4.51. The van der Waals surface area contributed by atoms with Gasteiger partial charge >= 0.3 is 5.97 Å². The van der Waals surface area contributed by atoms with Gasteiger partial charge in [-0.1, -0.05) is 31.5 Å². The lowest BCUT2D eigenvalue weighted by Crippen LogP contribution is -2.13. The van der Waals surface area contributed by atoms with Gasteiger partial charge in [0.15, 0.2) is 0 Å². The Hall–Kier alpha value is -2.53. The molecular formula is C18H18ClNO4. The second-order valence-electron chi connectivity index (χ2n) is 5.54. The number of carboxylic acid groups (broad SMARTS) is 1. The number of amides is 1. The Balaban J connectivity index is 2.28. The lowest BCUT2D eigenvalue weighted by Gasteiger charge is -2.13. The third-order valence-corrected chi connectivity index (χ3v) is 4.22. The third kappa shape index (κ3) is 3.86. The molecule has 126 valence electrons. The van der Waals surface area contributed by atoms with Crippen LogP contribution in [0.25, 0.3) is 0 Å². The molecule has 2 rings (SSSR count). The molecule has 2 aromatic rings. The van der Waals surface area contributed by atoms with Gasteiger partial charge in [0.1, 0.15) is 5.75 Å². The molecule has 0 spiro atoms. The fourth-order valence-electron chi connectivity index (χ4n) is 2.22. The second-order valence-corrected chi connectivity index (χ2v) is 5.95. The Morgan fingerprint density at radius 1 is 1.21 bits per heavy atom. The second kappa shape index (κ2) is 7.36. The van der Waals surface area contributed by atoms with Crippen LogP contribution in [0.4, 0.5) is 5.69 Å². The average molecular weight is 348 g/mol. The lowest BCUT2D eigenvalue weighted by atomic mass is 9.96. The topological polar surface area (TPSA) is 86.6 Å². The van der Waals surface area contributed by atoms with Crippen LogP contribution in [0, 0.1) is 0 Å². The van der Waals surface area contributed by atoms with Crippen molar-refractivity contribution in [2.24, 2.45) is 0 Å². The van der Waals surface area contributed by atoms with Crippen LogP contribution in [0.2, 0.25) is 5.02 Å². The van der Waals surface area contributed by atoms with Gasteiger partial charge in [-0.3, -0.25) is 4.79 Å². The van der Waals surface area contributed by atoms with Crippen molar-refractivity contribution in [1.82, 2.24) is 0 Å². The van der Waals surface area contributed by atoms with Crippen LogP contribution in [0.3, 0.4) is 0 Å². The number of hydrogen-bond acceptors (Lipinski definition) is 3. The molecule has 0 heterocycles. The minimum Gasteiger partial charge on any atom is -0.507 e. The van der Waals surface area contributed by atoms with Crippen LogP contribution in [0.1, 0.15) is 52.5 Å². The molecule has 24 heavy (non-hydrogen) atoms. The van der Waals surface area contributed by atoms with Gasteiger partial charge in [-0.25, -0.2) is 4.79 Å². The smallest absolute Gasteiger partial charge is 0.335 e. The van der Waals surface area contributed by atoms with Crippen LogP contribution < -0.4 is 5.32 Å². The molecule has 3 N–H and O–H groups in total. The molecule has 0 radical (unpaired) electrons. The van der Waals surface area contributed by atoms with Gasteiger partial charge < -0.3 is 15.5 Å². The van der Waals surface area contributed by atoms with Gasteiger partial charge in [0, 0.05) is 0 Å². The Labute approximate surface area is 144 Å². The fraction of sp³-hybridized carbons (Fsp3) is 0.222. The van der Waals surface area contributed by atoms with E-state index in [1.807, 2.05) is 13.8 Å². The zero-order valence-electron chi connectivity index (χ0n) is 13.3. The van der Waals surface area contributed by atoms with E-state index in [-0.39, 0.29) is 33.5 Å². The van der Waals surface area contributed by atoms with Gasteiger partial charge in [0.2, 0.25) is 0 Å². The van der Waals surface area contributed by atoms with Gasteiger partial charge in [-0.05, 0) is 48.2 Å². The van der Waals surface area contributed by atoms with Gasteiger partial charge in [-0.15, -0.1) is 0 Å². The van der Waals surface area contributed by atoms with Crippen LogP contribution in [-0.2, 0) is 0 Å². The number of phenolic OH excluding ortho intramolecular Hbond substituents is 1. The standard InChI is InChI=1S/C18H18ClNO4/c1-3-10(2)11-5-7-16(21)13(8-11)17(22)20-15-6-4-12(18(23)24)9-14(15)19/h4-10,21H,3H2,1-2H3,(H,20,22)(H,23,24). The predicted molar refractivity (Wildman–Crippen MR) is 93.2 cm³/mol. The van der Waals surface area contributed by atoms with Crippen molar-refractivity contribution in [2.45, 2.75) is 26.2 Å². The molecule has 1 atom stereocenters. The van der Waals surface area contributed by atoms with Crippen LogP contribution in [0.15, 0.2) is 36.4 Å². The van der Waals surface area contributed by atoms with Crippen molar-refractivity contribution in [3.63, 3.8) is 0 Å². The van der Waals surface area contributed by atoms with E-state index in [9.17, 15) is 14.7 Å². The number of carboxylic acids is 1. The number of phenols is 1. The molecule has 0 aliphatic carbocycles. The van der Waals surface area contributed by atoms with E-state index in [2.05, 4.69) is 5.32 Å². The maximum absolute atomic E-state index is 12.4. The molecule has 2 aromatic carbocycles. The highest BCUT2D eigenvalue weighted by atomic mass is 35.5. The largest absolute Gasteiger partial charge is 0.507 e. The summed E-state index contributed by atoms with van der Waals surface area (Å²) in [5.41, 5.74) is 1.40. The van der Waals surface area contributed by atoms with Crippen LogP contribution >= 0.6 is 11.6 Å². The number of carbonyl (C=O) groups is 2. The van der Waals surface area contributed by atoms with Crippen molar-refractivity contribution >= 4 is 29.2 Å². The summed E-state index contributed by atoms with van der Waals surface area (Å²) < 4.78 is 0. The van der Waals surface area contributed by atoms with E-state index in [1.165, 1.54) is 24.3 Å². The minimum atomic E-state index is -1.10. The van der Waals surface area contributed by atoms with E-state index in [0.29, 0.717) is 0 Å². The molecule has 0 saturated carbocycles. The number of carbonyl (C=O) groups excluding carboxylic acids is 1. The first kappa shape index (κ1) is 17.8. The number of aromatic carboxylic acids is 1. The van der Waals surface area contributed by atoms with Crippen LogP contribution in [0.5, 0.6) is 5.75 Å². The van der Waals surface area contributed by atoms with Crippen molar-refractivity contribution in [3.05, 3.63) is 58.1 Å². The zero-order valence-corrected chi connectivity index (χ0v) is 14.1. The van der Waals surface area contributed by atoms with Crippen molar-refractivity contribution in [2.75, 3.05) is 5.32 Å². The number of halogens is 1. The summed E-state index contributed by atoms with van der Waals surface area (Å²) in [5, 5.41) is 21.6. The summed E-state index contributed by atoms with van der Waals surface area (Å²) in [6, 6.07) is 8.95. The highest BCUT2D eigenvalue weighted by molar-refractivity contribution is 6.34. The lowest BCUT2D eigenvalue weighted by molar-refractivity contribution is 0.0696. The number of rotatable bonds is 5. The molecule has 0 aliphatic heterocycles. The molecule has 0 bridgehead atoms. The molecule has 1 amide bonds. The summed E-state index contributed by atoms with van der Waals surface area (Å²) in [4.78, 5) is 23.3. The number of aromatic hydroxyl groups is 1. The first-order chi connectivity index (χ1) is 11.3. The van der Waals surface area contributed by atoms with Crippen molar-refractivity contribution < 1.29 is 19.8 Å². The summed E-state index contributed by atoms with van der Waals surface area (Å²) in [6.45, 7) is 4.08. The van der Waals surface area contributed by atoms with E-state index in [0.717, 1.165) is 12.0 Å². The van der Waals surface area contributed by atoms with E-state index in [4.69, 9.17) is 16.7 Å². The Kier molecular flexibility index (Phi) is 5.46. The number of hydrogen-bond donors (Lipinski definition) is 3. The molecular weight excluding hydrogens is 330 g/mol. The summed E-state index contributed by atoms with van der Waals surface area (Å²) in [5.74, 6) is -1.48. The highest BCUT2D eigenvalue weighted by Gasteiger charge is 2.16. The molecule has 6 heteroatoms. The molecule has 5 nitrogen and oxygen atoms in total. The van der Waals surface area contributed by atoms with E-state index in [1.54, 1.807) is 12.1 Å². The van der Waals surface area contributed by atoms with Crippen molar-refractivity contribution in [3.8, 4) is 5.75 Å². The maximum atomic E-state index is 12.4. The highest BCUT2D eigenvalue weighted by Crippen LogP contribution is 2.28. The molecule has 1 unspecified atom stereocenters. The monoisotopic (exact) mass is 347 g/mol. The number of nitrogens with one attached hydrogen (secondary N) is 1. The zero-order chi connectivity index (χ0) is 17.9. The minimum absolute atomic E-state index is 0.0274. The normalized spacial score (nSPS) is 11.8. The van der Waals surface area contributed by atoms with E-state index < -0.39 is 11.9 Å². The van der Waals surface area contributed by atoms with Gasteiger partial charge in [-0.2, -0.15) is 0 Å². The van der Waals surface area contributed by atoms with Gasteiger partial charge in [0.25, 0.3) is 5.91 Å². The SMILES string of the molecule is CCC(C)c1ccc(O)c(C(=O)Nc2ccc(C(=O)O)cc2Cl)c1. The number of anilines is 1. The summed E-state index contributed by atoms with van der Waals surface area (Å²) in [7, 11) is 0. The maximum Gasteiger partial charge on any atom is 0.335 e. The molecule has 0 aliphatic rings. The first-order valence-electron chi connectivity index (χ1n) is 7.50. The average Bonchev–Trinajstić information content (AvgIpc) is 2.56. The quantitative estimate of drug-likeness (QED) is 0.742. The molecule has 0 fully saturated rings. The van der Waals surface area contributed by atoms with E-state index >= 15 is 0 Å². The van der Waals surface area contributed by atoms with Crippen molar-refractivity contribution in [1.29, 1.82) is 0 Å². The number of benzene rings is 2. The Morgan fingerprint density at radius 2 is 1.92 bits per heavy atom. The summed E-state index contributed by atoms with van der Waals surface area (Å²) in [6.07, 6.45) is 0.911. The first-order valence-corrected chi connectivity index (χ1v) is 7.88. The third-order valence-electron chi connectivity index (χ3n) is 3.91. The van der Waals surface area contributed by atoms with Gasteiger partial charge in [0.05, 0.1) is 21.8 Å². The fourth-order valence-corrected chi connectivity index (χ4v) is 2.44.